The van der Waals surface area contributed by atoms with Crippen molar-refractivity contribution in [2.75, 3.05) is 7.11 Å². The minimum Gasteiger partial charge on any atom is -0.420 e. The molecule has 1 aromatic rings. The fourth-order valence-corrected chi connectivity index (χ4v) is 2.97. The van der Waals surface area contributed by atoms with Crippen molar-refractivity contribution in [1.82, 2.24) is 5.32 Å². The summed E-state index contributed by atoms with van der Waals surface area (Å²) in [6.07, 6.45) is 4.26. The second-order valence-electron chi connectivity index (χ2n) is 5.97. The highest BCUT2D eigenvalue weighted by Gasteiger charge is 2.27. The van der Waals surface area contributed by atoms with Crippen molar-refractivity contribution in [2.24, 2.45) is 0 Å². The zero-order valence-electron chi connectivity index (χ0n) is 14.3. The number of nitrogens with one attached hydrogen (secondary N) is 1. The molecule has 2 atom stereocenters. The molecular formula is C18H26INO4. The summed E-state index contributed by atoms with van der Waals surface area (Å²) in [4.78, 5) is 12.0. The lowest BCUT2D eigenvalue weighted by atomic mass is 10.2. The molecule has 0 saturated heterocycles. The average molecular weight is 447 g/mol. The SMILES string of the molecule is CCCCC[C@H](OC(=O)NC1CC1)O[C@H](OC)c1ccccc1I. The number of methoxy groups -OCH3 is 1. The summed E-state index contributed by atoms with van der Waals surface area (Å²) < 4.78 is 18.0. The number of carbonyl (C=O) groups excluding carboxylic acids is 1. The zero-order valence-corrected chi connectivity index (χ0v) is 16.5. The normalized spacial score (nSPS) is 16.5. The van der Waals surface area contributed by atoms with Gasteiger partial charge in [0.15, 0.2) is 6.29 Å². The Morgan fingerprint density at radius 2 is 2.08 bits per heavy atom. The van der Waals surface area contributed by atoms with E-state index in [4.69, 9.17) is 14.2 Å². The lowest BCUT2D eigenvalue weighted by Gasteiger charge is -2.25. The fraction of sp³-hybridized carbons (Fsp3) is 0.611. The van der Waals surface area contributed by atoms with Crippen LogP contribution in [-0.2, 0) is 14.2 Å². The quantitative estimate of drug-likeness (QED) is 0.320. The first-order chi connectivity index (χ1) is 11.6. The van der Waals surface area contributed by atoms with Crippen molar-refractivity contribution in [3.8, 4) is 0 Å². The molecule has 5 nitrogen and oxygen atoms in total. The van der Waals surface area contributed by atoms with Crippen molar-refractivity contribution in [2.45, 2.75) is 64.1 Å². The number of halogens is 1. The number of rotatable bonds is 10. The summed E-state index contributed by atoms with van der Waals surface area (Å²) in [7, 11) is 1.60. The van der Waals surface area contributed by atoms with Gasteiger partial charge in [-0.05, 0) is 47.9 Å². The van der Waals surface area contributed by atoms with Gasteiger partial charge in [-0.2, -0.15) is 0 Å². The van der Waals surface area contributed by atoms with Crippen molar-refractivity contribution in [1.29, 1.82) is 0 Å². The molecule has 1 aliphatic carbocycles. The number of benzene rings is 1. The molecule has 1 saturated carbocycles. The second-order valence-corrected chi connectivity index (χ2v) is 7.14. The van der Waals surface area contributed by atoms with Gasteiger partial charge in [-0.15, -0.1) is 0 Å². The summed E-state index contributed by atoms with van der Waals surface area (Å²) in [5.74, 6) is 0. The van der Waals surface area contributed by atoms with Crippen LogP contribution in [0.4, 0.5) is 4.79 Å². The first-order valence-electron chi connectivity index (χ1n) is 8.53. The largest absolute Gasteiger partial charge is 0.420 e. The molecule has 0 spiro atoms. The summed E-state index contributed by atoms with van der Waals surface area (Å²) in [6, 6.07) is 8.14. The van der Waals surface area contributed by atoms with Gasteiger partial charge in [0, 0.05) is 28.7 Å². The Morgan fingerprint density at radius 1 is 1.33 bits per heavy atom. The van der Waals surface area contributed by atoms with Gasteiger partial charge >= 0.3 is 6.09 Å². The van der Waals surface area contributed by atoms with E-state index in [1.54, 1.807) is 7.11 Å². The van der Waals surface area contributed by atoms with E-state index in [0.717, 1.165) is 41.2 Å². The van der Waals surface area contributed by atoms with Crippen LogP contribution in [0.15, 0.2) is 24.3 Å². The van der Waals surface area contributed by atoms with Gasteiger partial charge in [0.1, 0.15) is 0 Å². The first kappa shape index (κ1) is 19.5. The summed E-state index contributed by atoms with van der Waals surface area (Å²) in [5, 5.41) is 2.83. The third-order valence-corrected chi connectivity index (χ3v) is 4.81. The molecule has 1 N–H and O–H groups in total. The van der Waals surface area contributed by atoms with Gasteiger partial charge in [-0.25, -0.2) is 4.79 Å². The molecule has 0 aromatic heterocycles. The van der Waals surface area contributed by atoms with Crippen LogP contribution in [0.1, 0.15) is 57.3 Å². The van der Waals surface area contributed by atoms with Crippen molar-refractivity contribution < 1.29 is 19.0 Å². The molecule has 0 bridgehead atoms. The predicted molar refractivity (Wildman–Crippen MR) is 101 cm³/mol. The minimum atomic E-state index is -0.615. The molecule has 1 aromatic carbocycles. The molecule has 1 amide bonds. The summed E-state index contributed by atoms with van der Waals surface area (Å²) in [6.45, 7) is 2.14. The van der Waals surface area contributed by atoms with Gasteiger partial charge in [-0.1, -0.05) is 38.0 Å². The van der Waals surface area contributed by atoms with Crippen LogP contribution >= 0.6 is 22.6 Å². The van der Waals surface area contributed by atoms with Crippen LogP contribution in [0.3, 0.4) is 0 Å². The third-order valence-electron chi connectivity index (χ3n) is 3.83. The van der Waals surface area contributed by atoms with E-state index >= 15 is 0 Å². The Balaban J connectivity index is 1.97. The lowest BCUT2D eigenvalue weighted by molar-refractivity contribution is -0.224. The summed E-state index contributed by atoms with van der Waals surface area (Å²) >= 11 is 2.25. The first-order valence-corrected chi connectivity index (χ1v) is 9.61. The standard InChI is InChI=1S/C18H26INO4/c1-3-4-5-10-16(24-18(21)20-13-11-12-13)23-17(22-2)14-8-6-7-9-15(14)19/h6-9,13,16-17H,3-5,10-12H2,1-2H3,(H,20,21)/t16-,17-/m0/s1. The second kappa shape index (κ2) is 10.2. The van der Waals surface area contributed by atoms with E-state index < -0.39 is 18.7 Å². The molecular weight excluding hydrogens is 421 g/mol. The van der Waals surface area contributed by atoms with Crippen LogP contribution in [0.25, 0.3) is 0 Å². The van der Waals surface area contributed by atoms with E-state index in [1.807, 2.05) is 24.3 Å². The van der Waals surface area contributed by atoms with Gasteiger partial charge in [-0.3, -0.25) is 0 Å². The third kappa shape index (κ3) is 6.57. The van der Waals surface area contributed by atoms with Gasteiger partial charge in [0.05, 0.1) is 0 Å². The van der Waals surface area contributed by atoms with Gasteiger partial charge < -0.3 is 19.5 Å². The highest BCUT2D eigenvalue weighted by Crippen LogP contribution is 2.27. The lowest BCUT2D eigenvalue weighted by Crippen LogP contribution is -2.32. The average Bonchev–Trinajstić information content (AvgIpc) is 3.37. The number of carbonyl (C=O) groups is 1. The van der Waals surface area contributed by atoms with Crippen molar-refractivity contribution >= 4 is 28.7 Å². The Morgan fingerprint density at radius 3 is 2.71 bits per heavy atom. The molecule has 1 aliphatic rings. The maximum absolute atomic E-state index is 12.0. The smallest absolute Gasteiger partial charge is 0.409 e. The monoisotopic (exact) mass is 447 g/mol. The van der Waals surface area contributed by atoms with Gasteiger partial charge in [0.2, 0.25) is 6.29 Å². The van der Waals surface area contributed by atoms with Crippen LogP contribution in [0.5, 0.6) is 0 Å². The molecule has 1 fully saturated rings. The maximum Gasteiger partial charge on any atom is 0.409 e. The highest BCUT2D eigenvalue weighted by atomic mass is 127. The van der Waals surface area contributed by atoms with Crippen LogP contribution < -0.4 is 5.32 Å². The number of hydrogen-bond acceptors (Lipinski definition) is 4. The van der Waals surface area contributed by atoms with Crippen LogP contribution in [-0.4, -0.2) is 25.5 Å². The number of amides is 1. The molecule has 0 heterocycles. The van der Waals surface area contributed by atoms with E-state index in [2.05, 4.69) is 34.8 Å². The minimum absolute atomic E-state index is 0.266. The van der Waals surface area contributed by atoms with E-state index in [-0.39, 0.29) is 6.04 Å². The molecule has 0 radical (unpaired) electrons. The molecule has 24 heavy (non-hydrogen) atoms. The van der Waals surface area contributed by atoms with Crippen molar-refractivity contribution in [3.05, 3.63) is 33.4 Å². The van der Waals surface area contributed by atoms with E-state index in [1.165, 1.54) is 0 Å². The molecule has 134 valence electrons. The Bertz CT molecular complexity index is 521. The Kier molecular flexibility index (Phi) is 8.28. The highest BCUT2D eigenvalue weighted by molar-refractivity contribution is 14.1. The molecule has 2 rings (SSSR count). The molecule has 6 heteroatoms. The molecule has 0 unspecified atom stereocenters. The number of unbranched alkanes of at least 4 members (excludes halogenated alkanes) is 2. The predicted octanol–water partition coefficient (Wildman–Crippen LogP) is 4.75. The van der Waals surface area contributed by atoms with E-state index in [0.29, 0.717) is 6.42 Å². The Labute approximate surface area is 157 Å². The summed E-state index contributed by atoms with van der Waals surface area (Å²) in [5.41, 5.74) is 0.937. The zero-order chi connectivity index (χ0) is 17.4. The fourth-order valence-electron chi connectivity index (χ4n) is 2.32. The van der Waals surface area contributed by atoms with Crippen LogP contribution in [0, 0.1) is 3.57 Å². The number of alkyl carbamates (subject to hydrolysis) is 1. The van der Waals surface area contributed by atoms with E-state index in [9.17, 15) is 4.79 Å². The molecule has 0 aliphatic heterocycles. The van der Waals surface area contributed by atoms with Crippen LogP contribution in [0.2, 0.25) is 0 Å². The number of ether oxygens (including phenoxy) is 3. The maximum atomic E-state index is 12.0. The number of hydrogen-bond donors (Lipinski definition) is 1. The van der Waals surface area contributed by atoms with Crippen molar-refractivity contribution in [3.63, 3.8) is 0 Å². The topological polar surface area (TPSA) is 56.8 Å². The van der Waals surface area contributed by atoms with Gasteiger partial charge in [0.25, 0.3) is 0 Å². The Hall–Kier alpha value is -0.860.